The third-order valence-corrected chi connectivity index (χ3v) is 3.16. The average molecular weight is 335 g/mol. The number of ether oxygens (including phenoxy) is 1. The molecular formula is C13H11BrN4O2. The molecule has 20 heavy (non-hydrogen) atoms. The van der Waals surface area contributed by atoms with E-state index in [1.165, 1.54) is 4.80 Å². The minimum atomic E-state index is 0.462. The fourth-order valence-corrected chi connectivity index (χ4v) is 2.04. The maximum Gasteiger partial charge on any atom is 0.240 e. The SMILES string of the molecule is COc1ccc(Cn2nnc(-c3ccc(Br)o3)n2)cc1. The molecule has 3 rings (SSSR count). The van der Waals surface area contributed by atoms with Gasteiger partial charge >= 0.3 is 0 Å². The Kier molecular flexibility index (Phi) is 3.51. The van der Waals surface area contributed by atoms with Crippen LogP contribution < -0.4 is 4.74 Å². The Bertz CT molecular complexity index is 705. The van der Waals surface area contributed by atoms with Crippen LogP contribution in [0.5, 0.6) is 5.75 Å². The van der Waals surface area contributed by atoms with E-state index in [9.17, 15) is 0 Å². The average Bonchev–Trinajstić information content (AvgIpc) is 3.09. The first-order valence-electron chi connectivity index (χ1n) is 5.91. The van der Waals surface area contributed by atoms with Gasteiger partial charge in [-0.1, -0.05) is 12.1 Å². The fourth-order valence-electron chi connectivity index (χ4n) is 1.74. The number of rotatable bonds is 4. The smallest absolute Gasteiger partial charge is 0.240 e. The normalized spacial score (nSPS) is 10.7. The molecule has 0 unspecified atom stereocenters. The van der Waals surface area contributed by atoms with Gasteiger partial charge < -0.3 is 9.15 Å². The third-order valence-electron chi connectivity index (χ3n) is 2.73. The molecule has 0 spiro atoms. The topological polar surface area (TPSA) is 66.0 Å². The van der Waals surface area contributed by atoms with E-state index in [4.69, 9.17) is 9.15 Å². The number of halogens is 1. The molecule has 0 saturated carbocycles. The van der Waals surface area contributed by atoms with Crippen molar-refractivity contribution in [1.82, 2.24) is 20.2 Å². The van der Waals surface area contributed by atoms with Gasteiger partial charge in [-0.05, 0) is 51.0 Å². The number of furan rings is 1. The van der Waals surface area contributed by atoms with Gasteiger partial charge in [-0.2, -0.15) is 4.80 Å². The molecule has 0 aliphatic heterocycles. The van der Waals surface area contributed by atoms with Crippen LogP contribution in [0.3, 0.4) is 0 Å². The van der Waals surface area contributed by atoms with Gasteiger partial charge in [0.15, 0.2) is 10.4 Å². The number of tetrazole rings is 1. The molecule has 0 N–H and O–H groups in total. The van der Waals surface area contributed by atoms with E-state index in [2.05, 4.69) is 31.3 Å². The van der Waals surface area contributed by atoms with E-state index in [0.29, 0.717) is 22.8 Å². The first-order valence-corrected chi connectivity index (χ1v) is 6.70. The summed E-state index contributed by atoms with van der Waals surface area (Å²) in [6, 6.07) is 11.3. The van der Waals surface area contributed by atoms with E-state index >= 15 is 0 Å². The summed E-state index contributed by atoms with van der Waals surface area (Å²) in [6.45, 7) is 0.541. The van der Waals surface area contributed by atoms with Crippen LogP contribution in [0.2, 0.25) is 0 Å². The third kappa shape index (κ3) is 2.72. The maximum atomic E-state index is 5.39. The van der Waals surface area contributed by atoms with E-state index in [1.54, 1.807) is 19.2 Å². The van der Waals surface area contributed by atoms with Crippen molar-refractivity contribution in [2.75, 3.05) is 7.11 Å². The highest BCUT2D eigenvalue weighted by Gasteiger charge is 2.10. The van der Waals surface area contributed by atoms with Gasteiger partial charge in [0.1, 0.15) is 5.75 Å². The van der Waals surface area contributed by atoms with Crippen molar-refractivity contribution in [3.63, 3.8) is 0 Å². The lowest BCUT2D eigenvalue weighted by Crippen LogP contribution is -2.03. The van der Waals surface area contributed by atoms with Crippen molar-refractivity contribution < 1.29 is 9.15 Å². The van der Waals surface area contributed by atoms with Crippen molar-refractivity contribution in [2.24, 2.45) is 0 Å². The molecule has 102 valence electrons. The Balaban J connectivity index is 1.76. The lowest BCUT2D eigenvalue weighted by molar-refractivity contribution is 0.414. The summed E-state index contributed by atoms with van der Waals surface area (Å²) in [7, 11) is 1.64. The highest BCUT2D eigenvalue weighted by Crippen LogP contribution is 2.21. The van der Waals surface area contributed by atoms with Crippen molar-refractivity contribution in [2.45, 2.75) is 6.54 Å². The number of hydrogen-bond acceptors (Lipinski definition) is 5. The first-order chi connectivity index (χ1) is 9.74. The second kappa shape index (κ2) is 5.46. The Morgan fingerprint density at radius 1 is 1.20 bits per heavy atom. The molecule has 3 aromatic rings. The summed E-state index contributed by atoms with van der Waals surface area (Å²) in [5.74, 6) is 1.86. The monoisotopic (exact) mass is 334 g/mol. The standard InChI is InChI=1S/C13H11BrN4O2/c1-19-10-4-2-9(3-5-10)8-18-16-13(15-17-18)11-6-7-12(14)20-11/h2-7H,8H2,1H3. The molecule has 6 nitrogen and oxygen atoms in total. The molecule has 2 aromatic heterocycles. The molecular weight excluding hydrogens is 324 g/mol. The number of nitrogens with zero attached hydrogens (tertiary/aromatic N) is 4. The molecule has 7 heteroatoms. The second-order valence-corrected chi connectivity index (χ2v) is 4.88. The van der Waals surface area contributed by atoms with Crippen LogP contribution in [-0.2, 0) is 6.54 Å². The predicted octanol–water partition coefficient (Wildman–Crippen LogP) is 2.75. The van der Waals surface area contributed by atoms with Gasteiger partial charge in [-0.15, -0.1) is 10.2 Å². The van der Waals surface area contributed by atoms with Crippen molar-refractivity contribution in [1.29, 1.82) is 0 Å². The highest BCUT2D eigenvalue weighted by atomic mass is 79.9. The lowest BCUT2D eigenvalue weighted by atomic mass is 10.2. The van der Waals surface area contributed by atoms with Crippen LogP contribution >= 0.6 is 15.9 Å². The van der Waals surface area contributed by atoms with E-state index < -0.39 is 0 Å². The molecule has 0 aliphatic carbocycles. The number of hydrogen-bond donors (Lipinski definition) is 0. The van der Waals surface area contributed by atoms with Gasteiger partial charge in [0.05, 0.1) is 13.7 Å². The first kappa shape index (κ1) is 12.9. The van der Waals surface area contributed by atoms with Crippen LogP contribution in [0.1, 0.15) is 5.56 Å². The zero-order valence-electron chi connectivity index (χ0n) is 10.7. The Morgan fingerprint density at radius 3 is 2.65 bits per heavy atom. The number of methoxy groups -OCH3 is 1. The Labute approximate surface area is 123 Å². The van der Waals surface area contributed by atoms with Gasteiger partial charge in [0.25, 0.3) is 0 Å². The quantitative estimate of drug-likeness (QED) is 0.733. The van der Waals surface area contributed by atoms with E-state index in [0.717, 1.165) is 11.3 Å². The minimum absolute atomic E-state index is 0.462. The molecule has 0 amide bonds. The minimum Gasteiger partial charge on any atom is -0.497 e. The van der Waals surface area contributed by atoms with Crippen LogP contribution in [0, 0.1) is 0 Å². The van der Waals surface area contributed by atoms with Crippen LogP contribution in [0.15, 0.2) is 45.5 Å². The fraction of sp³-hybridized carbons (Fsp3) is 0.154. The molecule has 0 atom stereocenters. The molecule has 1 aromatic carbocycles. The summed E-state index contributed by atoms with van der Waals surface area (Å²) in [5.41, 5.74) is 1.07. The summed E-state index contributed by atoms with van der Waals surface area (Å²) in [6.07, 6.45) is 0. The Hall–Kier alpha value is -2.15. The highest BCUT2D eigenvalue weighted by molar-refractivity contribution is 9.10. The molecule has 0 fully saturated rings. The van der Waals surface area contributed by atoms with Crippen LogP contribution in [0.25, 0.3) is 11.6 Å². The number of aromatic nitrogens is 4. The van der Waals surface area contributed by atoms with Gasteiger partial charge in [0.2, 0.25) is 5.82 Å². The van der Waals surface area contributed by atoms with Crippen molar-refractivity contribution in [3.8, 4) is 17.3 Å². The molecule has 0 saturated heterocycles. The van der Waals surface area contributed by atoms with Crippen molar-refractivity contribution in [3.05, 3.63) is 46.6 Å². The number of benzene rings is 1. The summed E-state index contributed by atoms with van der Waals surface area (Å²) in [5, 5.41) is 12.3. The van der Waals surface area contributed by atoms with Gasteiger partial charge in [-0.25, -0.2) is 0 Å². The summed E-state index contributed by atoms with van der Waals surface area (Å²) in [4.78, 5) is 1.52. The van der Waals surface area contributed by atoms with E-state index in [1.807, 2.05) is 24.3 Å². The lowest BCUT2D eigenvalue weighted by Gasteiger charge is -2.01. The second-order valence-electron chi connectivity index (χ2n) is 4.10. The summed E-state index contributed by atoms with van der Waals surface area (Å²) >= 11 is 3.24. The van der Waals surface area contributed by atoms with Crippen LogP contribution in [0.4, 0.5) is 0 Å². The molecule has 0 bridgehead atoms. The molecule has 0 radical (unpaired) electrons. The van der Waals surface area contributed by atoms with Crippen LogP contribution in [-0.4, -0.2) is 27.3 Å². The van der Waals surface area contributed by atoms with E-state index in [-0.39, 0.29) is 0 Å². The maximum absolute atomic E-state index is 5.39. The molecule has 2 heterocycles. The van der Waals surface area contributed by atoms with Crippen molar-refractivity contribution >= 4 is 15.9 Å². The predicted molar refractivity (Wildman–Crippen MR) is 75.3 cm³/mol. The summed E-state index contributed by atoms with van der Waals surface area (Å²) < 4.78 is 11.1. The molecule has 0 aliphatic rings. The van der Waals surface area contributed by atoms with Gasteiger partial charge in [-0.3, -0.25) is 0 Å². The zero-order valence-corrected chi connectivity index (χ0v) is 12.2. The Morgan fingerprint density at radius 2 is 2.00 bits per heavy atom. The largest absolute Gasteiger partial charge is 0.497 e. The zero-order chi connectivity index (χ0) is 13.9. The van der Waals surface area contributed by atoms with Gasteiger partial charge in [0, 0.05) is 0 Å².